The normalized spacial score (nSPS) is 14.3. The number of rotatable bonds is 9. The molecule has 0 aliphatic carbocycles. The summed E-state index contributed by atoms with van der Waals surface area (Å²) in [6.07, 6.45) is 0.718. The monoisotopic (exact) mass is 468 g/mol. The minimum Gasteiger partial charge on any atom is -0.493 e. The molecule has 0 bridgehead atoms. The van der Waals surface area contributed by atoms with Crippen LogP contribution in [0.3, 0.4) is 0 Å². The summed E-state index contributed by atoms with van der Waals surface area (Å²) in [5.41, 5.74) is 0.487. The van der Waals surface area contributed by atoms with Crippen LogP contribution in [-0.2, 0) is 17.8 Å². The van der Waals surface area contributed by atoms with Crippen molar-refractivity contribution in [3.05, 3.63) is 39.0 Å². The molecule has 2 aromatic heterocycles. The van der Waals surface area contributed by atoms with Crippen molar-refractivity contribution in [1.82, 2.24) is 24.0 Å². The van der Waals surface area contributed by atoms with Crippen molar-refractivity contribution in [3.8, 4) is 29.0 Å². The molecule has 0 atom stereocenters. The standard InChI is InChI=1S/C23H28N6O5/c1-3-7-29-21-19(22(30)26-23(29)31)28(9-8-27-10-13-33-14-11-27)20(25-21)16-4-5-17(34-12-6-24)18(15-16)32-2/h4-5,15H,3,7-14H2,1-2H3,(H,26,30,31). The summed E-state index contributed by atoms with van der Waals surface area (Å²) in [5, 5.41) is 8.82. The fourth-order valence-corrected chi connectivity index (χ4v) is 4.14. The summed E-state index contributed by atoms with van der Waals surface area (Å²) in [6, 6.07) is 7.21. The fraction of sp³-hybridized carbons (Fsp3) is 0.478. The molecule has 0 radical (unpaired) electrons. The number of aromatic nitrogens is 4. The molecule has 0 spiro atoms. The first-order chi connectivity index (χ1) is 16.6. The van der Waals surface area contributed by atoms with Crippen molar-refractivity contribution in [3.63, 3.8) is 0 Å². The zero-order valence-electron chi connectivity index (χ0n) is 19.4. The van der Waals surface area contributed by atoms with Crippen LogP contribution in [0.5, 0.6) is 11.5 Å². The SMILES string of the molecule is CCCn1c(=O)[nH]c(=O)c2c1nc(-c1ccc(OCC#N)c(OC)c1)n2CCN1CCOCC1. The average Bonchev–Trinajstić information content (AvgIpc) is 3.24. The van der Waals surface area contributed by atoms with Gasteiger partial charge in [0.25, 0.3) is 5.56 Å². The maximum absolute atomic E-state index is 12.9. The largest absolute Gasteiger partial charge is 0.493 e. The van der Waals surface area contributed by atoms with Crippen LogP contribution in [0.25, 0.3) is 22.6 Å². The van der Waals surface area contributed by atoms with Gasteiger partial charge in [-0.15, -0.1) is 0 Å². The van der Waals surface area contributed by atoms with E-state index in [0.29, 0.717) is 66.9 Å². The highest BCUT2D eigenvalue weighted by Crippen LogP contribution is 2.33. The van der Waals surface area contributed by atoms with E-state index in [0.717, 1.165) is 19.5 Å². The fourth-order valence-electron chi connectivity index (χ4n) is 4.14. The third-order valence-electron chi connectivity index (χ3n) is 5.79. The number of hydrogen-bond acceptors (Lipinski definition) is 8. The van der Waals surface area contributed by atoms with E-state index in [2.05, 4.69) is 9.88 Å². The molecule has 180 valence electrons. The van der Waals surface area contributed by atoms with E-state index in [9.17, 15) is 9.59 Å². The number of benzene rings is 1. The molecule has 4 rings (SSSR count). The molecule has 0 saturated carbocycles. The molecule has 34 heavy (non-hydrogen) atoms. The van der Waals surface area contributed by atoms with E-state index >= 15 is 0 Å². The molecule has 1 aliphatic heterocycles. The number of morpholine rings is 1. The van der Waals surface area contributed by atoms with E-state index in [1.54, 1.807) is 18.2 Å². The highest BCUT2D eigenvalue weighted by molar-refractivity contribution is 5.77. The van der Waals surface area contributed by atoms with Crippen molar-refractivity contribution < 1.29 is 14.2 Å². The quantitative estimate of drug-likeness (QED) is 0.496. The number of aryl methyl sites for hydroxylation is 1. The average molecular weight is 469 g/mol. The third-order valence-corrected chi connectivity index (χ3v) is 5.79. The molecule has 0 amide bonds. The van der Waals surface area contributed by atoms with Gasteiger partial charge < -0.3 is 18.8 Å². The number of hydrogen-bond donors (Lipinski definition) is 1. The van der Waals surface area contributed by atoms with Gasteiger partial charge in [-0.3, -0.25) is 19.2 Å². The van der Waals surface area contributed by atoms with Gasteiger partial charge in [0.1, 0.15) is 11.9 Å². The Morgan fingerprint density at radius 3 is 2.65 bits per heavy atom. The van der Waals surface area contributed by atoms with Gasteiger partial charge in [0.15, 0.2) is 29.3 Å². The Hall–Kier alpha value is -3.62. The lowest BCUT2D eigenvalue weighted by molar-refractivity contribution is 0.0365. The molecule has 1 aromatic carbocycles. The summed E-state index contributed by atoms with van der Waals surface area (Å²) < 4.78 is 19.7. The number of aromatic amines is 1. The second-order valence-corrected chi connectivity index (χ2v) is 7.94. The second kappa shape index (κ2) is 10.5. The minimum atomic E-state index is -0.471. The van der Waals surface area contributed by atoms with E-state index in [1.165, 1.54) is 11.7 Å². The predicted octanol–water partition coefficient (Wildman–Crippen LogP) is 1.21. The zero-order valence-corrected chi connectivity index (χ0v) is 19.4. The van der Waals surface area contributed by atoms with E-state index < -0.39 is 11.2 Å². The molecule has 11 nitrogen and oxygen atoms in total. The number of nitrogens with zero attached hydrogens (tertiary/aromatic N) is 5. The van der Waals surface area contributed by atoms with Crippen LogP contribution >= 0.6 is 0 Å². The molecular weight excluding hydrogens is 440 g/mol. The van der Waals surface area contributed by atoms with Crippen molar-refractivity contribution >= 4 is 11.2 Å². The highest BCUT2D eigenvalue weighted by Gasteiger charge is 2.21. The molecule has 3 heterocycles. The van der Waals surface area contributed by atoms with E-state index in [1.807, 2.05) is 17.6 Å². The topological polar surface area (TPSA) is 127 Å². The number of nitriles is 1. The number of imidazole rings is 1. The minimum absolute atomic E-state index is 0.105. The number of nitrogens with one attached hydrogen (secondary N) is 1. The van der Waals surface area contributed by atoms with Crippen molar-refractivity contribution in [2.45, 2.75) is 26.4 Å². The Kier molecular flexibility index (Phi) is 7.30. The van der Waals surface area contributed by atoms with Crippen LogP contribution < -0.4 is 20.7 Å². The van der Waals surface area contributed by atoms with Gasteiger partial charge in [0.2, 0.25) is 0 Å². The summed E-state index contributed by atoms with van der Waals surface area (Å²) in [6.45, 7) is 6.50. The molecule has 0 unspecified atom stereocenters. The molecule has 11 heteroatoms. The maximum Gasteiger partial charge on any atom is 0.330 e. The van der Waals surface area contributed by atoms with Crippen molar-refractivity contribution in [1.29, 1.82) is 5.26 Å². The first kappa shape index (κ1) is 23.5. The zero-order chi connectivity index (χ0) is 24.1. The highest BCUT2D eigenvalue weighted by atomic mass is 16.5. The van der Waals surface area contributed by atoms with Gasteiger partial charge in [0, 0.05) is 38.3 Å². The molecular formula is C23H28N6O5. The van der Waals surface area contributed by atoms with Crippen LogP contribution in [0.1, 0.15) is 13.3 Å². The summed E-state index contributed by atoms with van der Waals surface area (Å²) in [7, 11) is 1.52. The lowest BCUT2D eigenvalue weighted by Gasteiger charge is -2.26. The number of methoxy groups -OCH3 is 1. The Morgan fingerprint density at radius 1 is 1.15 bits per heavy atom. The molecule has 1 fully saturated rings. The molecule has 1 saturated heterocycles. The Bertz CT molecular complexity index is 1310. The Balaban J connectivity index is 1.85. The van der Waals surface area contributed by atoms with Crippen LogP contribution in [0, 0.1) is 11.3 Å². The summed E-state index contributed by atoms with van der Waals surface area (Å²) in [5.74, 6) is 1.43. The Labute approximate surface area is 196 Å². The van der Waals surface area contributed by atoms with Crippen LogP contribution in [0.2, 0.25) is 0 Å². The van der Waals surface area contributed by atoms with E-state index in [-0.39, 0.29) is 6.61 Å². The molecule has 3 aromatic rings. The lowest BCUT2D eigenvalue weighted by atomic mass is 10.2. The Morgan fingerprint density at radius 2 is 1.94 bits per heavy atom. The first-order valence-electron chi connectivity index (χ1n) is 11.3. The van der Waals surface area contributed by atoms with Gasteiger partial charge in [-0.25, -0.2) is 9.78 Å². The van der Waals surface area contributed by atoms with Crippen molar-refractivity contribution in [2.24, 2.45) is 0 Å². The summed E-state index contributed by atoms with van der Waals surface area (Å²) in [4.78, 5) is 34.9. The van der Waals surface area contributed by atoms with Crippen LogP contribution in [-0.4, -0.2) is 70.6 Å². The van der Waals surface area contributed by atoms with Gasteiger partial charge in [-0.05, 0) is 24.6 Å². The predicted molar refractivity (Wildman–Crippen MR) is 125 cm³/mol. The van der Waals surface area contributed by atoms with Gasteiger partial charge in [-0.2, -0.15) is 5.26 Å². The van der Waals surface area contributed by atoms with Crippen LogP contribution in [0.15, 0.2) is 27.8 Å². The van der Waals surface area contributed by atoms with Crippen LogP contribution in [0.4, 0.5) is 0 Å². The van der Waals surface area contributed by atoms with Gasteiger partial charge in [0.05, 0.1) is 20.3 Å². The number of ether oxygens (including phenoxy) is 3. The number of H-pyrrole nitrogens is 1. The number of fused-ring (bicyclic) bond motifs is 1. The second-order valence-electron chi connectivity index (χ2n) is 7.94. The van der Waals surface area contributed by atoms with Gasteiger partial charge in [-0.1, -0.05) is 6.92 Å². The lowest BCUT2D eigenvalue weighted by Crippen LogP contribution is -2.38. The maximum atomic E-state index is 12.9. The van der Waals surface area contributed by atoms with Crippen molar-refractivity contribution in [2.75, 3.05) is 46.6 Å². The molecule has 1 aliphatic rings. The molecule has 1 N–H and O–H groups in total. The smallest absolute Gasteiger partial charge is 0.330 e. The first-order valence-corrected chi connectivity index (χ1v) is 11.3. The van der Waals surface area contributed by atoms with Gasteiger partial charge >= 0.3 is 5.69 Å². The third kappa shape index (κ3) is 4.69. The van der Waals surface area contributed by atoms with E-state index in [4.69, 9.17) is 24.5 Å². The summed E-state index contributed by atoms with van der Waals surface area (Å²) >= 11 is 0.